The van der Waals surface area contributed by atoms with Crippen LogP contribution in [0.25, 0.3) is 0 Å². The van der Waals surface area contributed by atoms with Crippen LogP contribution in [-0.4, -0.2) is 53.3 Å². The molecule has 1 aromatic heterocycles. The molecule has 100 valence electrons. The van der Waals surface area contributed by atoms with Crippen LogP contribution in [-0.2, 0) is 17.8 Å². The highest BCUT2D eigenvalue weighted by Crippen LogP contribution is 2.11. The van der Waals surface area contributed by atoms with E-state index in [4.69, 9.17) is 4.74 Å². The monoisotopic (exact) mass is 250 g/mol. The number of ether oxygens (including phenoxy) is 1. The predicted molar refractivity (Wildman–Crippen MR) is 69.3 cm³/mol. The van der Waals surface area contributed by atoms with Crippen LogP contribution < -0.4 is 5.32 Å². The second kappa shape index (κ2) is 5.82. The third-order valence-electron chi connectivity index (χ3n) is 3.82. The van der Waals surface area contributed by atoms with Gasteiger partial charge < -0.3 is 14.6 Å². The number of hydrogen-bond donors (Lipinski definition) is 1. The van der Waals surface area contributed by atoms with E-state index in [1.165, 1.54) is 18.7 Å². The standard InChI is InChI=1S/C13H22N4O/c1-2-12(18-9-1)10-14-3-5-16-7-8-17-6-4-15-13(17)11-16/h4,6,12,14H,1-3,5,7-11H2. The molecule has 1 saturated heterocycles. The van der Waals surface area contributed by atoms with Gasteiger partial charge in [-0.3, -0.25) is 4.90 Å². The zero-order valence-electron chi connectivity index (χ0n) is 10.8. The van der Waals surface area contributed by atoms with Crippen molar-refractivity contribution in [1.82, 2.24) is 19.8 Å². The largest absolute Gasteiger partial charge is 0.377 e. The summed E-state index contributed by atoms with van der Waals surface area (Å²) in [4.78, 5) is 6.84. The Kier molecular flexibility index (Phi) is 3.93. The van der Waals surface area contributed by atoms with Crippen molar-refractivity contribution in [3.05, 3.63) is 18.2 Å². The summed E-state index contributed by atoms with van der Waals surface area (Å²) >= 11 is 0. The van der Waals surface area contributed by atoms with Gasteiger partial charge in [0.1, 0.15) is 5.82 Å². The van der Waals surface area contributed by atoms with Gasteiger partial charge in [-0.15, -0.1) is 0 Å². The number of imidazole rings is 1. The average Bonchev–Trinajstić information content (AvgIpc) is 3.05. The lowest BCUT2D eigenvalue weighted by atomic mass is 10.2. The first kappa shape index (κ1) is 12.1. The second-order valence-corrected chi connectivity index (χ2v) is 5.15. The van der Waals surface area contributed by atoms with E-state index in [-0.39, 0.29) is 0 Å². The summed E-state index contributed by atoms with van der Waals surface area (Å²) in [7, 11) is 0. The van der Waals surface area contributed by atoms with Gasteiger partial charge in [-0.1, -0.05) is 0 Å². The van der Waals surface area contributed by atoms with Crippen molar-refractivity contribution < 1.29 is 4.74 Å². The molecule has 3 rings (SSSR count). The molecule has 0 aliphatic carbocycles. The van der Waals surface area contributed by atoms with Crippen molar-refractivity contribution in [2.75, 3.05) is 32.8 Å². The molecule has 0 saturated carbocycles. The molecule has 5 nitrogen and oxygen atoms in total. The van der Waals surface area contributed by atoms with Gasteiger partial charge in [0.25, 0.3) is 0 Å². The van der Waals surface area contributed by atoms with Gasteiger partial charge in [0, 0.05) is 51.7 Å². The second-order valence-electron chi connectivity index (χ2n) is 5.15. The van der Waals surface area contributed by atoms with E-state index in [0.717, 1.165) is 45.9 Å². The molecule has 18 heavy (non-hydrogen) atoms. The van der Waals surface area contributed by atoms with Crippen molar-refractivity contribution in [2.45, 2.75) is 32.0 Å². The lowest BCUT2D eigenvalue weighted by Gasteiger charge is -2.27. The number of hydrogen-bond acceptors (Lipinski definition) is 4. The van der Waals surface area contributed by atoms with E-state index in [1.54, 1.807) is 0 Å². The normalized spacial score (nSPS) is 24.3. The Hall–Kier alpha value is -0.910. The van der Waals surface area contributed by atoms with E-state index >= 15 is 0 Å². The highest BCUT2D eigenvalue weighted by molar-refractivity contribution is 4.95. The van der Waals surface area contributed by atoms with Crippen molar-refractivity contribution in [1.29, 1.82) is 0 Å². The molecule has 0 bridgehead atoms. The Morgan fingerprint density at radius 2 is 2.44 bits per heavy atom. The fourth-order valence-corrected chi connectivity index (χ4v) is 2.72. The summed E-state index contributed by atoms with van der Waals surface area (Å²) in [6.07, 6.45) is 6.86. The lowest BCUT2D eigenvalue weighted by molar-refractivity contribution is 0.109. The van der Waals surface area contributed by atoms with E-state index in [9.17, 15) is 0 Å². The Bertz CT molecular complexity index is 373. The van der Waals surface area contributed by atoms with Gasteiger partial charge in [-0.05, 0) is 12.8 Å². The summed E-state index contributed by atoms with van der Waals surface area (Å²) in [6.45, 7) is 7.27. The van der Waals surface area contributed by atoms with Gasteiger partial charge in [-0.2, -0.15) is 0 Å². The smallest absolute Gasteiger partial charge is 0.122 e. The van der Waals surface area contributed by atoms with Gasteiger partial charge in [0.05, 0.1) is 12.6 Å². The molecule has 1 fully saturated rings. The molecule has 5 heteroatoms. The minimum atomic E-state index is 0.449. The average molecular weight is 250 g/mol. The predicted octanol–water partition coefficient (Wildman–Crippen LogP) is 0.467. The van der Waals surface area contributed by atoms with Gasteiger partial charge in [0.2, 0.25) is 0 Å². The van der Waals surface area contributed by atoms with Crippen LogP contribution in [0, 0.1) is 0 Å². The maximum Gasteiger partial charge on any atom is 0.122 e. The summed E-state index contributed by atoms with van der Waals surface area (Å²) < 4.78 is 7.84. The number of nitrogens with zero attached hydrogens (tertiary/aromatic N) is 3. The topological polar surface area (TPSA) is 42.3 Å². The van der Waals surface area contributed by atoms with Crippen LogP contribution in [0.5, 0.6) is 0 Å². The maximum absolute atomic E-state index is 5.59. The summed E-state index contributed by atoms with van der Waals surface area (Å²) in [5.74, 6) is 1.19. The minimum absolute atomic E-state index is 0.449. The van der Waals surface area contributed by atoms with Gasteiger partial charge in [0.15, 0.2) is 0 Å². The molecule has 2 aliphatic heterocycles. The molecule has 0 aromatic carbocycles. The molecule has 0 spiro atoms. The Labute approximate surface area is 108 Å². The van der Waals surface area contributed by atoms with Crippen LogP contribution in [0.2, 0.25) is 0 Å². The van der Waals surface area contributed by atoms with Crippen molar-refractivity contribution in [2.24, 2.45) is 0 Å². The third-order valence-corrected chi connectivity index (χ3v) is 3.82. The van der Waals surface area contributed by atoms with E-state index in [2.05, 4.69) is 26.0 Å². The van der Waals surface area contributed by atoms with Crippen molar-refractivity contribution in [3.63, 3.8) is 0 Å². The molecule has 0 radical (unpaired) electrons. The molecular weight excluding hydrogens is 228 g/mol. The highest BCUT2D eigenvalue weighted by atomic mass is 16.5. The summed E-state index contributed by atoms with van der Waals surface area (Å²) in [6, 6.07) is 0. The highest BCUT2D eigenvalue weighted by Gasteiger charge is 2.17. The van der Waals surface area contributed by atoms with E-state index < -0.39 is 0 Å². The van der Waals surface area contributed by atoms with Crippen LogP contribution in [0.3, 0.4) is 0 Å². The van der Waals surface area contributed by atoms with Crippen LogP contribution in [0.1, 0.15) is 18.7 Å². The Balaban J connectivity index is 1.34. The minimum Gasteiger partial charge on any atom is -0.377 e. The first-order valence-electron chi connectivity index (χ1n) is 6.96. The van der Waals surface area contributed by atoms with Crippen LogP contribution in [0.15, 0.2) is 12.4 Å². The molecule has 1 atom stereocenters. The first-order valence-corrected chi connectivity index (χ1v) is 6.96. The van der Waals surface area contributed by atoms with Crippen molar-refractivity contribution in [3.8, 4) is 0 Å². The first-order chi connectivity index (χ1) is 8.92. The molecule has 2 aliphatic rings. The molecule has 1 unspecified atom stereocenters. The van der Waals surface area contributed by atoms with Crippen molar-refractivity contribution >= 4 is 0 Å². The SMILES string of the molecule is c1cn2c(n1)CN(CCNCC1CCCO1)CC2. The molecule has 1 aromatic rings. The number of nitrogens with one attached hydrogen (secondary N) is 1. The fourth-order valence-electron chi connectivity index (χ4n) is 2.72. The number of aromatic nitrogens is 2. The van der Waals surface area contributed by atoms with Crippen LogP contribution in [0.4, 0.5) is 0 Å². The molecule has 1 N–H and O–H groups in total. The lowest BCUT2D eigenvalue weighted by Crippen LogP contribution is -2.39. The Morgan fingerprint density at radius 3 is 3.33 bits per heavy atom. The van der Waals surface area contributed by atoms with Gasteiger partial charge >= 0.3 is 0 Å². The van der Waals surface area contributed by atoms with Gasteiger partial charge in [-0.25, -0.2) is 4.98 Å². The van der Waals surface area contributed by atoms with Crippen LogP contribution >= 0.6 is 0 Å². The molecule has 0 amide bonds. The summed E-state index contributed by atoms with van der Waals surface area (Å²) in [5, 5.41) is 3.50. The fraction of sp³-hybridized carbons (Fsp3) is 0.769. The quantitative estimate of drug-likeness (QED) is 0.771. The number of rotatable bonds is 5. The zero-order valence-corrected chi connectivity index (χ0v) is 10.8. The summed E-state index contributed by atoms with van der Waals surface area (Å²) in [5.41, 5.74) is 0. The maximum atomic E-state index is 5.59. The van der Waals surface area contributed by atoms with E-state index in [0.29, 0.717) is 6.10 Å². The third kappa shape index (κ3) is 2.91. The number of fused-ring (bicyclic) bond motifs is 1. The molecular formula is C13H22N4O. The zero-order chi connectivity index (χ0) is 12.2. The molecule has 3 heterocycles. The Morgan fingerprint density at radius 1 is 1.44 bits per heavy atom. The van der Waals surface area contributed by atoms with E-state index in [1.807, 2.05) is 6.20 Å².